The van der Waals surface area contributed by atoms with E-state index in [2.05, 4.69) is 0 Å². The Morgan fingerprint density at radius 3 is 2.21 bits per heavy atom. The second-order valence-electron chi connectivity index (χ2n) is 5.99. The Morgan fingerprint density at radius 2 is 1.68 bits per heavy atom. The molecule has 0 amide bonds. The van der Waals surface area contributed by atoms with Gasteiger partial charge in [0.25, 0.3) is 5.79 Å². The molecular weight excluding hydrogens is 372 g/mol. The van der Waals surface area contributed by atoms with Gasteiger partial charge in [0.15, 0.2) is 29.1 Å². The van der Waals surface area contributed by atoms with E-state index in [1.807, 2.05) is 0 Å². The number of aliphatic hydroxyl groups is 1. The van der Waals surface area contributed by atoms with Crippen molar-refractivity contribution in [3.05, 3.63) is 35.4 Å². The number of aromatic hydroxyl groups is 2. The fraction of sp³-hybridized carbons (Fsp3) is 0.316. The zero-order chi connectivity index (χ0) is 20.6. The van der Waals surface area contributed by atoms with Crippen molar-refractivity contribution in [1.82, 2.24) is 0 Å². The number of Topliss-reactive ketones (excluding diaryl/α,β-unsaturated/α-hetero) is 1. The molecule has 28 heavy (non-hydrogen) atoms. The Labute approximate surface area is 160 Å². The van der Waals surface area contributed by atoms with E-state index in [1.54, 1.807) is 0 Å². The van der Waals surface area contributed by atoms with Crippen LogP contribution in [0.15, 0.2) is 24.3 Å². The Bertz CT molecular complexity index is 924. The first kappa shape index (κ1) is 19.6. The molecule has 2 atom stereocenters. The molecule has 1 aliphatic rings. The monoisotopic (exact) mass is 392 g/mol. The maximum Gasteiger partial charge on any atom is 0.274 e. The van der Waals surface area contributed by atoms with Gasteiger partial charge >= 0.3 is 0 Å². The van der Waals surface area contributed by atoms with Gasteiger partial charge in [0.2, 0.25) is 11.5 Å². The Kier molecular flexibility index (Phi) is 4.97. The van der Waals surface area contributed by atoms with E-state index >= 15 is 0 Å². The number of methoxy groups -OCH3 is 4. The average Bonchev–Trinajstić information content (AvgIpc) is 2.69. The first-order valence-corrected chi connectivity index (χ1v) is 8.16. The van der Waals surface area contributed by atoms with Gasteiger partial charge in [-0.05, 0) is 12.1 Å². The Morgan fingerprint density at radius 1 is 1.00 bits per heavy atom. The number of phenols is 2. The zero-order valence-corrected chi connectivity index (χ0v) is 15.7. The molecule has 0 bridgehead atoms. The molecule has 9 heteroatoms. The molecule has 0 saturated heterocycles. The maximum atomic E-state index is 13.1. The van der Waals surface area contributed by atoms with Crippen LogP contribution >= 0.6 is 0 Å². The van der Waals surface area contributed by atoms with Crippen molar-refractivity contribution in [3.8, 4) is 34.5 Å². The van der Waals surface area contributed by atoms with Crippen molar-refractivity contribution in [1.29, 1.82) is 0 Å². The lowest BCUT2D eigenvalue weighted by Crippen LogP contribution is -2.51. The topological polar surface area (TPSA) is 124 Å². The van der Waals surface area contributed by atoms with Crippen molar-refractivity contribution in [2.24, 2.45) is 0 Å². The molecule has 0 spiro atoms. The molecule has 9 nitrogen and oxygen atoms in total. The van der Waals surface area contributed by atoms with Crippen LogP contribution < -0.4 is 18.9 Å². The number of hydrogen-bond acceptors (Lipinski definition) is 9. The van der Waals surface area contributed by atoms with Gasteiger partial charge in [-0.2, -0.15) is 0 Å². The summed E-state index contributed by atoms with van der Waals surface area (Å²) in [4.78, 5) is 13.1. The number of benzene rings is 2. The molecule has 150 valence electrons. The van der Waals surface area contributed by atoms with Crippen molar-refractivity contribution >= 4 is 5.78 Å². The first-order chi connectivity index (χ1) is 13.3. The summed E-state index contributed by atoms with van der Waals surface area (Å²) in [5, 5.41) is 31.5. The number of fused-ring (bicyclic) bond motifs is 1. The van der Waals surface area contributed by atoms with E-state index in [4.69, 9.17) is 23.7 Å². The van der Waals surface area contributed by atoms with Crippen molar-refractivity contribution in [2.75, 3.05) is 28.4 Å². The third kappa shape index (κ3) is 2.76. The highest BCUT2D eigenvalue weighted by Crippen LogP contribution is 2.51. The van der Waals surface area contributed by atoms with Crippen LogP contribution in [-0.4, -0.2) is 55.3 Å². The van der Waals surface area contributed by atoms with Crippen molar-refractivity contribution < 1.29 is 43.8 Å². The van der Waals surface area contributed by atoms with Crippen LogP contribution in [0.25, 0.3) is 0 Å². The third-order valence-electron chi connectivity index (χ3n) is 4.58. The summed E-state index contributed by atoms with van der Waals surface area (Å²) in [5.74, 6) is -3.95. The number of ether oxygens (including phenoxy) is 5. The predicted octanol–water partition coefficient (Wildman–Crippen LogP) is 1.77. The van der Waals surface area contributed by atoms with E-state index in [1.165, 1.54) is 45.6 Å². The lowest BCUT2D eigenvalue weighted by molar-refractivity contribution is -0.205. The van der Waals surface area contributed by atoms with E-state index in [0.717, 1.165) is 7.11 Å². The number of hydrogen-bond donors (Lipinski definition) is 3. The van der Waals surface area contributed by atoms with E-state index in [9.17, 15) is 20.1 Å². The van der Waals surface area contributed by atoms with Crippen LogP contribution in [-0.2, 0) is 4.74 Å². The van der Waals surface area contributed by atoms with Crippen LogP contribution in [0, 0.1) is 0 Å². The Balaban J connectivity index is 2.20. The van der Waals surface area contributed by atoms with Gasteiger partial charge in [0, 0.05) is 18.7 Å². The highest BCUT2D eigenvalue weighted by atomic mass is 16.7. The van der Waals surface area contributed by atoms with Crippen molar-refractivity contribution in [3.63, 3.8) is 0 Å². The van der Waals surface area contributed by atoms with Gasteiger partial charge in [-0.1, -0.05) is 6.07 Å². The minimum atomic E-state index is -2.47. The molecule has 0 radical (unpaired) electrons. The lowest BCUT2D eigenvalue weighted by atomic mass is 9.89. The van der Waals surface area contributed by atoms with Crippen LogP contribution in [0.2, 0.25) is 0 Å². The van der Waals surface area contributed by atoms with Crippen LogP contribution in [0.5, 0.6) is 34.5 Å². The molecule has 0 fully saturated rings. The van der Waals surface area contributed by atoms with Gasteiger partial charge in [0.1, 0.15) is 11.3 Å². The van der Waals surface area contributed by atoms with Gasteiger partial charge in [-0.25, -0.2) is 0 Å². The quantitative estimate of drug-likeness (QED) is 0.653. The largest absolute Gasteiger partial charge is 0.504 e. The van der Waals surface area contributed by atoms with E-state index in [-0.39, 0.29) is 39.9 Å². The van der Waals surface area contributed by atoms with Crippen molar-refractivity contribution in [2.45, 2.75) is 11.9 Å². The molecule has 0 saturated carbocycles. The first-order valence-electron chi connectivity index (χ1n) is 8.16. The van der Waals surface area contributed by atoms with Gasteiger partial charge in [-0.3, -0.25) is 4.79 Å². The zero-order valence-electron chi connectivity index (χ0n) is 15.7. The fourth-order valence-electron chi connectivity index (χ4n) is 3.13. The highest BCUT2D eigenvalue weighted by molar-refractivity contribution is 6.08. The number of ketones is 1. The lowest BCUT2D eigenvalue weighted by Gasteiger charge is -2.38. The SMILES string of the molecule is COc1ccc(C2Oc3cc(OC)c(OC)c(O)c3C(=O)C2(O)OC)cc1O. The molecule has 2 unspecified atom stereocenters. The number of carbonyl (C=O) groups is 1. The molecule has 1 aliphatic heterocycles. The van der Waals surface area contributed by atoms with Gasteiger partial charge in [0.05, 0.1) is 21.3 Å². The summed E-state index contributed by atoms with van der Waals surface area (Å²) >= 11 is 0. The fourth-order valence-corrected chi connectivity index (χ4v) is 3.13. The average molecular weight is 392 g/mol. The summed E-state index contributed by atoms with van der Waals surface area (Å²) in [6, 6.07) is 5.60. The molecule has 3 rings (SSSR count). The number of carbonyl (C=O) groups excluding carboxylic acids is 1. The second kappa shape index (κ2) is 7.10. The molecule has 0 aromatic heterocycles. The van der Waals surface area contributed by atoms with Gasteiger partial charge < -0.3 is 39.0 Å². The normalized spacial score (nSPS) is 20.9. The molecule has 2 aromatic carbocycles. The number of phenolic OH excluding ortho intramolecular Hbond substituents is 2. The molecule has 3 N–H and O–H groups in total. The van der Waals surface area contributed by atoms with E-state index < -0.39 is 23.4 Å². The summed E-state index contributed by atoms with van der Waals surface area (Å²) in [7, 11) is 5.17. The second-order valence-corrected chi connectivity index (χ2v) is 5.99. The van der Waals surface area contributed by atoms with E-state index in [0.29, 0.717) is 0 Å². The summed E-state index contributed by atoms with van der Waals surface area (Å²) in [6.07, 6.45) is -1.34. The molecule has 0 aliphatic carbocycles. The smallest absolute Gasteiger partial charge is 0.274 e. The molecule has 2 aromatic rings. The number of rotatable bonds is 5. The molecular formula is C19H20O9. The predicted molar refractivity (Wildman–Crippen MR) is 95.5 cm³/mol. The summed E-state index contributed by atoms with van der Waals surface area (Å²) in [5.41, 5.74) is -0.0630. The molecule has 1 heterocycles. The highest BCUT2D eigenvalue weighted by Gasteiger charge is 2.54. The Hall–Kier alpha value is -3.17. The standard InChI is InChI=1S/C19H20O9/c1-24-11-6-5-9(7-10(11)20)18-19(23,27-4)17(22)14-12(28-18)8-13(25-2)16(26-3)15(14)21/h5-8,18,20-21,23H,1-4H3. The summed E-state index contributed by atoms with van der Waals surface area (Å²) < 4.78 is 26.1. The minimum Gasteiger partial charge on any atom is -0.504 e. The van der Waals surface area contributed by atoms with Crippen LogP contribution in [0.4, 0.5) is 0 Å². The maximum absolute atomic E-state index is 13.1. The van der Waals surface area contributed by atoms with Gasteiger partial charge in [-0.15, -0.1) is 0 Å². The third-order valence-corrected chi connectivity index (χ3v) is 4.58. The van der Waals surface area contributed by atoms with Crippen LogP contribution in [0.1, 0.15) is 22.0 Å². The van der Waals surface area contributed by atoms with Crippen LogP contribution in [0.3, 0.4) is 0 Å². The minimum absolute atomic E-state index is 0.0396. The summed E-state index contributed by atoms with van der Waals surface area (Å²) in [6.45, 7) is 0.